The van der Waals surface area contributed by atoms with E-state index in [9.17, 15) is 0 Å². The average Bonchev–Trinajstić information content (AvgIpc) is 1.95. The van der Waals surface area contributed by atoms with Crippen molar-refractivity contribution >= 4 is 23.2 Å². The zero-order valence-corrected chi connectivity index (χ0v) is 8.70. The molecule has 1 aliphatic rings. The molecule has 0 radical (unpaired) electrons. The van der Waals surface area contributed by atoms with E-state index in [1.54, 1.807) is 6.07 Å². The molecule has 1 aromatic rings. The van der Waals surface area contributed by atoms with Crippen molar-refractivity contribution in [3.63, 3.8) is 0 Å². The van der Waals surface area contributed by atoms with Crippen molar-refractivity contribution < 1.29 is 0 Å². The number of rotatable bonds is 2. The van der Waals surface area contributed by atoms with Crippen molar-refractivity contribution in [2.45, 2.75) is 18.9 Å². The third kappa shape index (κ3) is 2.37. The van der Waals surface area contributed by atoms with Gasteiger partial charge in [-0.15, -0.1) is 0 Å². The van der Waals surface area contributed by atoms with Crippen LogP contribution in [0.25, 0.3) is 0 Å². The van der Waals surface area contributed by atoms with Gasteiger partial charge in [0.2, 0.25) is 0 Å². The first-order valence-corrected chi connectivity index (χ1v) is 5.18. The molecule has 0 bridgehead atoms. The van der Waals surface area contributed by atoms with Crippen molar-refractivity contribution in [3.05, 3.63) is 33.8 Å². The summed E-state index contributed by atoms with van der Waals surface area (Å²) in [6.45, 7) is 1.14. The molecule has 1 N–H and O–H groups in total. The smallest absolute Gasteiger partial charge is 0.0423 e. The molecule has 13 heavy (non-hydrogen) atoms. The fraction of sp³-hybridized carbons (Fsp3) is 0.400. The Bertz CT molecular complexity index is 288. The largest absolute Gasteiger partial charge is 0.314 e. The van der Waals surface area contributed by atoms with Gasteiger partial charge < -0.3 is 5.32 Å². The minimum Gasteiger partial charge on any atom is -0.314 e. The second-order valence-corrected chi connectivity index (χ2v) is 4.29. The van der Waals surface area contributed by atoms with Crippen LogP contribution in [-0.2, 0) is 6.42 Å². The topological polar surface area (TPSA) is 12.0 Å². The SMILES string of the molecule is Clc1cc(Cl)cc(CC2CCN2)c1. The molecule has 1 nitrogen and oxygen atoms in total. The highest BCUT2D eigenvalue weighted by molar-refractivity contribution is 6.34. The molecule has 0 aliphatic carbocycles. The van der Waals surface area contributed by atoms with Gasteiger partial charge in [-0.05, 0) is 43.1 Å². The lowest BCUT2D eigenvalue weighted by Crippen LogP contribution is -2.44. The Morgan fingerprint density at radius 1 is 1.23 bits per heavy atom. The fourth-order valence-corrected chi connectivity index (χ4v) is 2.11. The normalized spacial score (nSPS) is 21.2. The Balaban J connectivity index is 2.10. The first-order chi connectivity index (χ1) is 6.24. The van der Waals surface area contributed by atoms with Gasteiger partial charge in [-0.3, -0.25) is 0 Å². The van der Waals surface area contributed by atoms with Crippen LogP contribution in [0.2, 0.25) is 10.0 Å². The molecule has 1 atom stereocenters. The van der Waals surface area contributed by atoms with Crippen LogP contribution < -0.4 is 5.32 Å². The van der Waals surface area contributed by atoms with E-state index in [0.717, 1.165) is 23.0 Å². The van der Waals surface area contributed by atoms with Crippen molar-refractivity contribution in [1.29, 1.82) is 0 Å². The van der Waals surface area contributed by atoms with E-state index in [2.05, 4.69) is 5.32 Å². The lowest BCUT2D eigenvalue weighted by atomic mass is 9.98. The Morgan fingerprint density at radius 3 is 2.31 bits per heavy atom. The predicted molar refractivity (Wildman–Crippen MR) is 56.6 cm³/mol. The van der Waals surface area contributed by atoms with E-state index >= 15 is 0 Å². The van der Waals surface area contributed by atoms with Gasteiger partial charge in [-0.25, -0.2) is 0 Å². The van der Waals surface area contributed by atoms with Crippen LogP contribution >= 0.6 is 23.2 Å². The fourth-order valence-electron chi connectivity index (χ4n) is 1.54. The van der Waals surface area contributed by atoms with E-state index in [0.29, 0.717) is 6.04 Å². The molecule has 70 valence electrons. The van der Waals surface area contributed by atoms with Crippen LogP contribution in [0.5, 0.6) is 0 Å². The van der Waals surface area contributed by atoms with E-state index in [1.807, 2.05) is 12.1 Å². The second kappa shape index (κ2) is 3.87. The summed E-state index contributed by atoms with van der Waals surface area (Å²) in [5, 5.41) is 4.79. The van der Waals surface area contributed by atoms with Crippen molar-refractivity contribution in [3.8, 4) is 0 Å². The lowest BCUT2D eigenvalue weighted by Gasteiger charge is -2.27. The first kappa shape index (κ1) is 9.32. The molecule has 0 saturated carbocycles. The van der Waals surface area contributed by atoms with Gasteiger partial charge in [0.15, 0.2) is 0 Å². The molecular weight excluding hydrogens is 205 g/mol. The lowest BCUT2D eigenvalue weighted by molar-refractivity contribution is 0.369. The molecule has 2 rings (SSSR count). The van der Waals surface area contributed by atoms with Crippen LogP contribution in [0.15, 0.2) is 18.2 Å². The van der Waals surface area contributed by atoms with Gasteiger partial charge in [0, 0.05) is 16.1 Å². The number of nitrogens with one attached hydrogen (secondary N) is 1. The maximum absolute atomic E-state index is 5.89. The summed E-state index contributed by atoms with van der Waals surface area (Å²) in [6, 6.07) is 6.34. The highest BCUT2D eigenvalue weighted by Gasteiger charge is 2.16. The Hall–Kier alpha value is -0.240. The quantitative estimate of drug-likeness (QED) is 0.801. The number of benzene rings is 1. The van der Waals surface area contributed by atoms with Crippen LogP contribution in [0, 0.1) is 0 Å². The van der Waals surface area contributed by atoms with E-state index in [4.69, 9.17) is 23.2 Å². The van der Waals surface area contributed by atoms with Crippen molar-refractivity contribution in [1.82, 2.24) is 5.32 Å². The minimum atomic E-state index is 0.620. The van der Waals surface area contributed by atoms with Crippen molar-refractivity contribution in [2.24, 2.45) is 0 Å². The van der Waals surface area contributed by atoms with Gasteiger partial charge >= 0.3 is 0 Å². The molecule has 1 heterocycles. The molecule has 1 saturated heterocycles. The predicted octanol–water partition coefficient (Wildman–Crippen LogP) is 2.90. The zero-order valence-electron chi connectivity index (χ0n) is 7.19. The molecule has 0 amide bonds. The van der Waals surface area contributed by atoms with Gasteiger partial charge in [-0.2, -0.15) is 0 Å². The summed E-state index contributed by atoms with van der Waals surface area (Å²) < 4.78 is 0. The Morgan fingerprint density at radius 2 is 1.85 bits per heavy atom. The molecular formula is C10H11Cl2N. The number of hydrogen-bond acceptors (Lipinski definition) is 1. The number of halogens is 2. The summed E-state index contributed by atoms with van der Waals surface area (Å²) in [5.74, 6) is 0. The third-order valence-corrected chi connectivity index (χ3v) is 2.77. The van der Waals surface area contributed by atoms with Crippen LogP contribution in [-0.4, -0.2) is 12.6 Å². The molecule has 1 aromatic carbocycles. The maximum Gasteiger partial charge on any atom is 0.0423 e. The molecule has 0 aromatic heterocycles. The average molecular weight is 216 g/mol. The van der Waals surface area contributed by atoms with Crippen LogP contribution in [0.3, 0.4) is 0 Å². The molecule has 3 heteroatoms. The molecule has 1 fully saturated rings. The molecule has 0 spiro atoms. The Kier molecular flexibility index (Phi) is 2.77. The van der Waals surface area contributed by atoms with Crippen LogP contribution in [0.4, 0.5) is 0 Å². The van der Waals surface area contributed by atoms with Crippen LogP contribution in [0.1, 0.15) is 12.0 Å². The third-order valence-electron chi connectivity index (χ3n) is 2.33. The van der Waals surface area contributed by atoms with Crippen molar-refractivity contribution in [2.75, 3.05) is 6.54 Å². The second-order valence-electron chi connectivity index (χ2n) is 3.42. The summed E-state index contributed by atoms with van der Waals surface area (Å²) in [5.41, 5.74) is 1.22. The zero-order chi connectivity index (χ0) is 9.26. The van der Waals surface area contributed by atoms with E-state index in [-0.39, 0.29) is 0 Å². The van der Waals surface area contributed by atoms with E-state index in [1.165, 1.54) is 12.0 Å². The summed E-state index contributed by atoms with van der Waals surface area (Å²) in [7, 11) is 0. The highest BCUT2D eigenvalue weighted by atomic mass is 35.5. The summed E-state index contributed by atoms with van der Waals surface area (Å²) in [6.07, 6.45) is 2.28. The Labute approximate surface area is 88.0 Å². The maximum atomic E-state index is 5.89. The monoisotopic (exact) mass is 215 g/mol. The van der Waals surface area contributed by atoms with Gasteiger partial charge in [0.1, 0.15) is 0 Å². The van der Waals surface area contributed by atoms with Gasteiger partial charge in [0.05, 0.1) is 0 Å². The highest BCUT2D eigenvalue weighted by Crippen LogP contribution is 2.21. The molecule has 1 unspecified atom stereocenters. The number of hydrogen-bond donors (Lipinski definition) is 1. The first-order valence-electron chi connectivity index (χ1n) is 4.42. The standard InChI is InChI=1S/C10H11Cl2N/c11-8-3-7(4-9(12)6-8)5-10-1-2-13-10/h3-4,6,10,13H,1-2,5H2. The molecule has 1 aliphatic heterocycles. The van der Waals surface area contributed by atoms with Gasteiger partial charge in [0.25, 0.3) is 0 Å². The minimum absolute atomic E-state index is 0.620. The summed E-state index contributed by atoms with van der Waals surface area (Å²) in [4.78, 5) is 0. The van der Waals surface area contributed by atoms with Gasteiger partial charge in [-0.1, -0.05) is 23.2 Å². The van der Waals surface area contributed by atoms with E-state index < -0.39 is 0 Å². The summed E-state index contributed by atoms with van der Waals surface area (Å²) >= 11 is 11.8.